The fourth-order valence-electron chi connectivity index (χ4n) is 2.79. The molecule has 3 nitrogen and oxygen atoms in total. The van der Waals surface area contributed by atoms with Gasteiger partial charge in [0.2, 0.25) is 0 Å². The molecule has 90 valence electrons. The fourth-order valence-corrected chi connectivity index (χ4v) is 2.79. The normalized spacial score (nSPS) is 15.1. The highest BCUT2D eigenvalue weighted by atomic mass is 16.6. The van der Waals surface area contributed by atoms with Crippen LogP contribution in [0.4, 0.5) is 0 Å². The molecule has 1 aliphatic carbocycles. The molecule has 17 heavy (non-hydrogen) atoms. The minimum absolute atomic E-state index is 0.581. The maximum absolute atomic E-state index is 5.07. The molecule has 0 aliphatic heterocycles. The second kappa shape index (κ2) is 4.51. The average Bonchev–Trinajstić information content (AvgIpc) is 2.74. The van der Waals surface area contributed by atoms with Gasteiger partial charge in [-0.05, 0) is 55.4 Å². The Morgan fingerprint density at radius 1 is 1.24 bits per heavy atom. The van der Waals surface area contributed by atoms with Crippen LogP contribution in [0.2, 0.25) is 0 Å². The summed E-state index contributed by atoms with van der Waals surface area (Å²) in [5.41, 5.74) is 5.55. The quantitative estimate of drug-likeness (QED) is 0.796. The van der Waals surface area contributed by atoms with Crippen LogP contribution in [-0.4, -0.2) is 11.6 Å². The molecule has 2 aromatic rings. The van der Waals surface area contributed by atoms with E-state index in [4.69, 9.17) is 5.90 Å². The summed E-state index contributed by atoms with van der Waals surface area (Å²) in [6, 6.07) is 6.62. The van der Waals surface area contributed by atoms with Crippen LogP contribution in [0.1, 0.15) is 29.7 Å². The molecular formula is C14H18N2O. The van der Waals surface area contributed by atoms with Crippen molar-refractivity contribution in [1.29, 1.82) is 0 Å². The van der Waals surface area contributed by atoms with Gasteiger partial charge in [-0.1, -0.05) is 6.07 Å². The number of aromatic nitrogens is 1. The van der Waals surface area contributed by atoms with Crippen molar-refractivity contribution in [3.63, 3.8) is 0 Å². The maximum Gasteiger partial charge on any atom is 0.0719 e. The average molecular weight is 230 g/mol. The topological polar surface area (TPSA) is 51.0 Å². The van der Waals surface area contributed by atoms with Crippen molar-refractivity contribution in [2.24, 2.45) is 5.90 Å². The number of aryl methyl sites for hydroxylation is 2. The van der Waals surface area contributed by atoms with Gasteiger partial charge >= 0.3 is 0 Å². The smallest absolute Gasteiger partial charge is 0.0719 e. The predicted molar refractivity (Wildman–Crippen MR) is 68.8 cm³/mol. The number of rotatable bonds is 3. The summed E-state index contributed by atoms with van der Waals surface area (Å²) in [6.45, 7) is 0.581. The Bertz CT molecular complexity index is 530. The van der Waals surface area contributed by atoms with Crippen molar-refractivity contribution in [2.45, 2.75) is 32.1 Å². The van der Waals surface area contributed by atoms with Crippen molar-refractivity contribution >= 4 is 10.9 Å². The zero-order valence-electron chi connectivity index (χ0n) is 9.96. The Balaban J connectivity index is 2.02. The molecule has 0 saturated carbocycles. The standard InChI is InChI=1S/C14H18N2O/c15-17-8-7-10-5-6-14-12(9-10)11-3-1-2-4-13(11)16-14/h5-6,9,16H,1-4,7-8,15H2. The minimum Gasteiger partial charge on any atom is -0.358 e. The Hall–Kier alpha value is -1.32. The van der Waals surface area contributed by atoms with Gasteiger partial charge in [-0.3, -0.25) is 0 Å². The number of nitrogens with two attached hydrogens (primary N) is 1. The van der Waals surface area contributed by atoms with Crippen molar-refractivity contribution in [1.82, 2.24) is 4.98 Å². The van der Waals surface area contributed by atoms with E-state index in [1.807, 2.05) is 0 Å². The van der Waals surface area contributed by atoms with Crippen LogP contribution in [0.3, 0.4) is 0 Å². The van der Waals surface area contributed by atoms with Crippen LogP contribution in [0.25, 0.3) is 10.9 Å². The monoisotopic (exact) mass is 230 g/mol. The molecule has 0 radical (unpaired) electrons. The van der Waals surface area contributed by atoms with Gasteiger partial charge in [-0.25, -0.2) is 5.90 Å². The first-order chi connectivity index (χ1) is 8.38. The molecule has 1 aliphatic rings. The summed E-state index contributed by atoms with van der Waals surface area (Å²) < 4.78 is 0. The van der Waals surface area contributed by atoms with Crippen LogP contribution < -0.4 is 5.90 Å². The lowest BCUT2D eigenvalue weighted by Crippen LogP contribution is -2.03. The summed E-state index contributed by atoms with van der Waals surface area (Å²) >= 11 is 0. The predicted octanol–water partition coefficient (Wildman–Crippen LogP) is 2.48. The molecule has 1 heterocycles. The van der Waals surface area contributed by atoms with Crippen LogP contribution in [0.5, 0.6) is 0 Å². The number of nitrogens with one attached hydrogen (secondary N) is 1. The molecule has 1 aromatic carbocycles. The first-order valence-electron chi connectivity index (χ1n) is 6.32. The molecule has 3 N–H and O–H groups in total. The lowest BCUT2D eigenvalue weighted by atomic mass is 9.95. The number of hydrogen-bond donors (Lipinski definition) is 2. The van der Waals surface area contributed by atoms with Gasteiger partial charge in [0.1, 0.15) is 0 Å². The second-order valence-electron chi connectivity index (χ2n) is 4.79. The summed E-state index contributed by atoms with van der Waals surface area (Å²) in [7, 11) is 0. The largest absolute Gasteiger partial charge is 0.358 e. The Morgan fingerprint density at radius 2 is 2.12 bits per heavy atom. The minimum atomic E-state index is 0.581. The Morgan fingerprint density at radius 3 is 3.00 bits per heavy atom. The lowest BCUT2D eigenvalue weighted by Gasteiger charge is -2.10. The highest BCUT2D eigenvalue weighted by molar-refractivity contribution is 5.85. The van der Waals surface area contributed by atoms with Gasteiger partial charge in [0.25, 0.3) is 0 Å². The summed E-state index contributed by atoms with van der Waals surface area (Å²) in [6.07, 6.45) is 5.92. The third kappa shape index (κ3) is 1.96. The van der Waals surface area contributed by atoms with Crippen LogP contribution in [-0.2, 0) is 24.1 Å². The third-order valence-corrected chi connectivity index (χ3v) is 3.67. The molecule has 0 saturated heterocycles. The number of H-pyrrole nitrogens is 1. The fraction of sp³-hybridized carbons (Fsp3) is 0.429. The van der Waals surface area contributed by atoms with Gasteiger partial charge in [-0.2, -0.15) is 0 Å². The molecule has 0 fully saturated rings. The maximum atomic E-state index is 5.07. The van der Waals surface area contributed by atoms with Gasteiger partial charge in [0.15, 0.2) is 0 Å². The van der Waals surface area contributed by atoms with Crippen molar-refractivity contribution in [3.8, 4) is 0 Å². The van der Waals surface area contributed by atoms with E-state index >= 15 is 0 Å². The molecule has 0 unspecified atom stereocenters. The van der Waals surface area contributed by atoms with Crippen LogP contribution in [0.15, 0.2) is 18.2 Å². The van der Waals surface area contributed by atoms with E-state index in [1.54, 1.807) is 0 Å². The van der Waals surface area contributed by atoms with E-state index in [9.17, 15) is 0 Å². The second-order valence-corrected chi connectivity index (χ2v) is 4.79. The first-order valence-corrected chi connectivity index (χ1v) is 6.32. The third-order valence-electron chi connectivity index (χ3n) is 3.67. The highest BCUT2D eigenvalue weighted by Gasteiger charge is 2.15. The van der Waals surface area contributed by atoms with Crippen LogP contribution >= 0.6 is 0 Å². The Labute approximate surface area is 101 Å². The van der Waals surface area contributed by atoms with E-state index in [0.29, 0.717) is 6.61 Å². The van der Waals surface area contributed by atoms with E-state index in [-0.39, 0.29) is 0 Å². The zero-order valence-corrected chi connectivity index (χ0v) is 9.96. The van der Waals surface area contributed by atoms with Crippen molar-refractivity contribution < 1.29 is 4.84 Å². The van der Waals surface area contributed by atoms with Gasteiger partial charge in [-0.15, -0.1) is 0 Å². The zero-order chi connectivity index (χ0) is 11.7. The Kier molecular flexibility index (Phi) is 2.87. The first kappa shape index (κ1) is 10.8. The molecule has 3 heteroatoms. The van der Waals surface area contributed by atoms with Crippen molar-refractivity contribution in [3.05, 3.63) is 35.0 Å². The van der Waals surface area contributed by atoms with Gasteiger partial charge in [0.05, 0.1) is 6.61 Å². The summed E-state index contributed by atoms with van der Waals surface area (Å²) in [5.74, 6) is 5.07. The number of benzene rings is 1. The van der Waals surface area contributed by atoms with Gasteiger partial charge in [0, 0.05) is 16.6 Å². The highest BCUT2D eigenvalue weighted by Crippen LogP contribution is 2.29. The van der Waals surface area contributed by atoms with E-state index in [0.717, 1.165) is 6.42 Å². The number of hydrogen-bond acceptors (Lipinski definition) is 2. The molecule has 0 bridgehead atoms. The van der Waals surface area contributed by atoms with E-state index in [2.05, 4.69) is 28.0 Å². The molecule has 0 atom stereocenters. The lowest BCUT2D eigenvalue weighted by molar-refractivity contribution is 0.141. The van der Waals surface area contributed by atoms with E-state index in [1.165, 1.54) is 53.4 Å². The van der Waals surface area contributed by atoms with E-state index < -0.39 is 0 Å². The molecule has 1 aromatic heterocycles. The SMILES string of the molecule is NOCCc1ccc2[nH]c3c(c2c1)CCCC3. The van der Waals surface area contributed by atoms with Crippen molar-refractivity contribution in [2.75, 3.05) is 6.61 Å². The number of fused-ring (bicyclic) bond motifs is 3. The number of aromatic amines is 1. The van der Waals surface area contributed by atoms with Gasteiger partial charge < -0.3 is 9.82 Å². The van der Waals surface area contributed by atoms with Crippen LogP contribution in [0, 0.1) is 0 Å². The summed E-state index contributed by atoms with van der Waals surface area (Å²) in [5, 5.41) is 1.40. The molecule has 0 amide bonds. The molecule has 3 rings (SSSR count). The molecule has 0 spiro atoms. The molecular weight excluding hydrogens is 212 g/mol. The summed E-state index contributed by atoms with van der Waals surface area (Å²) in [4.78, 5) is 8.19.